The van der Waals surface area contributed by atoms with E-state index in [9.17, 15) is 0 Å². The lowest BCUT2D eigenvalue weighted by Crippen LogP contribution is -2.06. The van der Waals surface area contributed by atoms with Crippen molar-refractivity contribution >= 4 is 23.4 Å². The van der Waals surface area contributed by atoms with Crippen molar-refractivity contribution in [2.45, 2.75) is 6.54 Å². The van der Waals surface area contributed by atoms with E-state index in [4.69, 9.17) is 11.6 Å². The number of hydrogen-bond donors (Lipinski definition) is 2. The molecule has 0 bridgehead atoms. The molecule has 0 amide bonds. The minimum Gasteiger partial charge on any atom is -0.361 e. The van der Waals surface area contributed by atoms with Gasteiger partial charge in [0.2, 0.25) is 12.3 Å². The molecule has 2 aromatic rings. The Hall–Kier alpha value is -1.89. The normalized spacial score (nSPS) is 10.1. The molecule has 0 aliphatic rings. The zero-order chi connectivity index (χ0) is 11.4. The number of aromatic nitrogens is 4. The van der Waals surface area contributed by atoms with Crippen molar-refractivity contribution in [3.8, 4) is 0 Å². The van der Waals surface area contributed by atoms with Crippen molar-refractivity contribution in [2.24, 2.45) is 0 Å². The molecule has 0 aliphatic carbocycles. The van der Waals surface area contributed by atoms with Crippen LogP contribution in [0.4, 0.5) is 11.8 Å². The van der Waals surface area contributed by atoms with Crippen molar-refractivity contribution in [2.75, 3.05) is 17.7 Å². The first-order valence-corrected chi connectivity index (χ1v) is 4.87. The molecule has 0 saturated carbocycles. The van der Waals surface area contributed by atoms with Gasteiger partial charge in [-0.25, -0.2) is 4.98 Å². The second-order valence-corrected chi connectivity index (χ2v) is 3.25. The largest absolute Gasteiger partial charge is 0.361 e. The van der Waals surface area contributed by atoms with Crippen molar-refractivity contribution in [3.63, 3.8) is 0 Å². The highest BCUT2D eigenvalue weighted by Crippen LogP contribution is 2.19. The average molecular weight is 241 g/mol. The third kappa shape index (κ3) is 2.37. The van der Waals surface area contributed by atoms with Gasteiger partial charge in [-0.2, -0.15) is 9.97 Å². The summed E-state index contributed by atoms with van der Waals surface area (Å²) in [6.07, 6.45) is 2.77. The lowest BCUT2D eigenvalue weighted by molar-refractivity contribution is 0.411. The van der Waals surface area contributed by atoms with Crippen molar-refractivity contribution in [3.05, 3.63) is 23.4 Å². The molecule has 0 radical (unpaired) electrons. The SMILES string of the molecule is CNc1ncc(Cl)c(NCc2ncon2)n1. The first-order valence-electron chi connectivity index (χ1n) is 4.49. The maximum Gasteiger partial charge on any atom is 0.224 e. The highest BCUT2D eigenvalue weighted by Gasteiger charge is 2.05. The van der Waals surface area contributed by atoms with Gasteiger partial charge in [-0.05, 0) is 0 Å². The fourth-order valence-corrected chi connectivity index (χ4v) is 1.20. The molecule has 2 N–H and O–H groups in total. The van der Waals surface area contributed by atoms with E-state index in [1.165, 1.54) is 12.6 Å². The number of hydrogen-bond acceptors (Lipinski definition) is 7. The van der Waals surface area contributed by atoms with Crippen molar-refractivity contribution in [1.82, 2.24) is 20.1 Å². The molecule has 7 nitrogen and oxygen atoms in total. The van der Waals surface area contributed by atoms with Gasteiger partial charge >= 0.3 is 0 Å². The van der Waals surface area contributed by atoms with Gasteiger partial charge in [-0.3, -0.25) is 0 Å². The smallest absolute Gasteiger partial charge is 0.224 e. The molecule has 16 heavy (non-hydrogen) atoms. The summed E-state index contributed by atoms with van der Waals surface area (Å²) in [6.45, 7) is 0.385. The van der Waals surface area contributed by atoms with E-state index in [2.05, 4.69) is 35.3 Å². The summed E-state index contributed by atoms with van der Waals surface area (Å²) in [4.78, 5) is 12.0. The number of nitrogens with zero attached hydrogens (tertiary/aromatic N) is 4. The maximum atomic E-state index is 5.91. The molecular formula is C8H9ClN6O. The third-order valence-corrected chi connectivity index (χ3v) is 2.07. The van der Waals surface area contributed by atoms with Crippen LogP contribution in [0.2, 0.25) is 5.02 Å². The van der Waals surface area contributed by atoms with E-state index in [1.807, 2.05) is 0 Å². The van der Waals surface area contributed by atoms with Crippen LogP contribution < -0.4 is 10.6 Å². The van der Waals surface area contributed by atoms with Crippen LogP contribution in [0.25, 0.3) is 0 Å². The summed E-state index contributed by atoms with van der Waals surface area (Å²) >= 11 is 5.91. The Labute approximate surface area is 96.2 Å². The predicted molar refractivity (Wildman–Crippen MR) is 58.2 cm³/mol. The highest BCUT2D eigenvalue weighted by atomic mass is 35.5. The minimum absolute atomic E-state index is 0.385. The minimum atomic E-state index is 0.385. The van der Waals surface area contributed by atoms with Gasteiger partial charge in [0, 0.05) is 7.05 Å². The molecule has 84 valence electrons. The molecule has 0 spiro atoms. The molecule has 0 fully saturated rings. The molecule has 0 atom stereocenters. The Morgan fingerprint density at radius 1 is 1.44 bits per heavy atom. The molecule has 2 aromatic heterocycles. The Kier molecular flexibility index (Phi) is 3.16. The Morgan fingerprint density at radius 2 is 2.31 bits per heavy atom. The lowest BCUT2D eigenvalue weighted by Gasteiger charge is -2.06. The topological polar surface area (TPSA) is 88.8 Å². The van der Waals surface area contributed by atoms with Gasteiger partial charge in [-0.15, -0.1) is 0 Å². The van der Waals surface area contributed by atoms with Crippen LogP contribution in [0.5, 0.6) is 0 Å². The highest BCUT2D eigenvalue weighted by molar-refractivity contribution is 6.32. The zero-order valence-corrected chi connectivity index (χ0v) is 9.19. The maximum absolute atomic E-state index is 5.91. The summed E-state index contributed by atoms with van der Waals surface area (Å²) in [5.74, 6) is 1.53. The average Bonchev–Trinajstić information content (AvgIpc) is 2.81. The molecule has 2 rings (SSSR count). The summed E-state index contributed by atoms with van der Waals surface area (Å²) < 4.78 is 4.60. The summed E-state index contributed by atoms with van der Waals surface area (Å²) in [7, 11) is 1.73. The van der Waals surface area contributed by atoms with Crippen molar-refractivity contribution < 1.29 is 4.52 Å². The van der Waals surface area contributed by atoms with Crippen LogP contribution in [0.3, 0.4) is 0 Å². The molecule has 8 heteroatoms. The van der Waals surface area contributed by atoms with E-state index in [0.29, 0.717) is 29.2 Å². The monoisotopic (exact) mass is 240 g/mol. The molecule has 0 aromatic carbocycles. The molecule has 0 saturated heterocycles. The summed E-state index contributed by atoms with van der Waals surface area (Å²) in [5, 5.41) is 9.88. The van der Waals surface area contributed by atoms with Gasteiger partial charge in [0.1, 0.15) is 5.02 Å². The van der Waals surface area contributed by atoms with E-state index in [0.717, 1.165) is 0 Å². The van der Waals surface area contributed by atoms with E-state index in [1.54, 1.807) is 7.05 Å². The number of nitrogens with one attached hydrogen (secondary N) is 2. The number of rotatable bonds is 4. The number of anilines is 2. The lowest BCUT2D eigenvalue weighted by atomic mass is 10.5. The summed E-state index contributed by atoms with van der Waals surface area (Å²) in [6, 6.07) is 0. The quantitative estimate of drug-likeness (QED) is 0.829. The summed E-state index contributed by atoms with van der Waals surface area (Å²) in [5.41, 5.74) is 0. The Bertz CT molecular complexity index is 460. The van der Waals surface area contributed by atoms with Gasteiger partial charge in [-0.1, -0.05) is 16.8 Å². The van der Waals surface area contributed by atoms with Crippen molar-refractivity contribution in [1.29, 1.82) is 0 Å². The van der Waals surface area contributed by atoms with Crippen LogP contribution in [0.1, 0.15) is 5.82 Å². The van der Waals surface area contributed by atoms with Crippen LogP contribution in [0, 0.1) is 0 Å². The fourth-order valence-electron chi connectivity index (χ4n) is 1.04. The fraction of sp³-hybridized carbons (Fsp3) is 0.250. The second-order valence-electron chi connectivity index (χ2n) is 2.84. The zero-order valence-electron chi connectivity index (χ0n) is 8.44. The van der Waals surface area contributed by atoms with Gasteiger partial charge in [0.15, 0.2) is 11.6 Å². The van der Waals surface area contributed by atoms with E-state index < -0.39 is 0 Å². The van der Waals surface area contributed by atoms with Crippen LogP contribution >= 0.6 is 11.6 Å². The molecular weight excluding hydrogens is 232 g/mol. The van der Waals surface area contributed by atoms with Gasteiger partial charge in [0.25, 0.3) is 0 Å². The van der Waals surface area contributed by atoms with E-state index >= 15 is 0 Å². The van der Waals surface area contributed by atoms with Gasteiger partial charge in [0.05, 0.1) is 12.7 Å². The third-order valence-electron chi connectivity index (χ3n) is 1.79. The van der Waals surface area contributed by atoms with Crippen LogP contribution in [0.15, 0.2) is 17.1 Å². The first kappa shape index (κ1) is 10.6. The standard InChI is InChI=1S/C8H9ClN6O/c1-10-8-12-2-5(9)7(14-8)11-3-6-13-4-16-15-6/h2,4H,3H2,1H3,(H2,10,11,12,14). The second kappa shape index (κ2) is 4.75. The van der Waals surface area contributed by atoms with E-state index in [-0.39, 0.29) is 0 Å². The van der Waals surface area contributed by atoms with Gasteiger partial charge < -0.3 is 15.2 Å². The first-order chi connectivity index (χ1) is 7.79. The molecule has 0 unspecified atom stereocenters. The Balaban J connectivity index is 2.08. The van der Waals surface area contributed by atoms with Crippen LogP contribution in [-0.2, 0) is 6.54 Å². The predicted octanol–water partition coefficient (Wildman–Crippen LogP) is 1.17. The molecule has 0 aliphatic heterocycles. The molecule has 2 heterocycles. The number of halogens is 1. The van der Waals surface area contributed by atoms with Crippen LogP contribution in [-0.4, -0.2) is 27.2 Å². The Morgan fingerprint density at radius 3 is 3.00 bits per heavy atom.